The van der Waals surface area contributed by atoms with Crippen LogP contribution in [0.2, 0.25) is 0 Å². The minimum absolute atomic E-state index is 0.124. The minimum atomic E-state index is -4.08. The highest BCUT2D eigenvalue weighted by Crippen LogP contribution is 2.46. The van der Waals surface area contributed by atoms with E-state index in [9.17, 15) is 17.6 Å². The molecule has 0 unspecified atom stereocenters. The van der Waals surface area contributed by atoms with Crippen molar-refractivity contribution in [1.82, 2.24) is 0 Å². The molecule has 1 aromatic rings. The van der Waals surface area contributed by atoms with Crippen LogP contribution in [0.3, 0.4) is 0 Å². The molecule has 0 aromatic heterocycles. The Morgan fingerprint density at radius 3 is 1.93 bits per heavy atom. The first-order valence-electron chi connectivity index (χ1n) is 3.82. The number of alkyl halides is 4. The standard InChI is InChI=1S/C9H8F4S/c1-8(10,11)9(12,13)14-7-5-3-2-4-6-7/h2-6H,1H3. The van der Waals surface area contributed by atoms with Gasteiger partial charge >= 0.3 is 11.2 Å². The van der Waals surface area contributed by atoms with Crippen LogP contribution in [0.5, 0.6) is 0 Å². The lowest BCUT2D eigenvalue weighted by molar-refractivity contribution is -0.137. The summed E-state index contributed by atoms with van der Waals surface area (Å²) in [6.45, 7) is 0.211. The van der Waals surface area contributed by atoms with Gasteiger partial charge in [0.05, 0.1) is 0 Å². The van der Waals surface area contributed by atoms with Crippen molar-refractivity contribution >= 4 is 11.8 Å². The summed E-state index contributed by atoms with van der Waals surface area (Å²) < 4.78 is 50.5. The smallest absolute Gasteiger partial charge is 0.199 e. The Labute approximate surface area is 83.3 Å². The minimum Gasteiger partial charge on any atom is -0.199 e. The molecule has 0 nitrogen and oxygen atoms in total. The molecule has 0 saturated heterocycles. The van der Waals surface area contributed by atoms with E-state index in [4.69, 9.17) is 0 Å². The number of halogens is 4. The van der Waals surface area contributed by atoms with Crippen molar-refractivity contribution in [2.24, 2.45) is 0 Å². The fourth-order valence-electron chi connectivity index (χ4n) is 0.726. The molecule has 0 aliphatic carbocycles. The number of hydrogen-bond donors (Lipinski definition) is 0. The lowest BCUT2D eigenvalue weighted by atomic mass is 10.4. The zero-order chi connectivity index (χ0) is 10.8. The Bertz CT molecular complexity index is 291. The summed E-state index contributed by atoms with van der Waals surface area (Å²) in [5.41, 5.74) is 0. The van der Waals surface area contributed by atoms with Crippen LogP contribution in [-0.2, 0) is 0 Å². The van der Waals surface area contributed by atoms with E-state index in [2.05, 4.69) is 0 Å². The molecular weight excluding hydrogens is 216 g/mol. The highest BCUT2D eigenvalue weighted by Gasteiger charge is 2.53. The van der Waals surface area contributed by atoms with Crippen molar-refractivity contribution < 1.29 is 17.6 Å². The third-order valence-corrected chi connectivity index (χ3v) is 2.62. The Balaban J connectivity index is 2.79. The van der Waals surface area contributed by atoms with Gasteiger partial charge in [-0.15, -0.1) is 0 Å². The fourth-order valence-corrected chi connectivity index (χ4v) is 1.49. The van der Waals surface area contributed by atoms with Crippen LogP contribution in [0.15, 0.2) is 35.2 Å². The monoisotopic (exact) mass is 224 g/mol. The van der Waals surface area contributed by atoms with Gasteiger partial charge < -0.3 is 0 Å². The molecule has 0 N–H and O–H groups in total. The van der Waals surface area contributed by atoms with Gasteiger partial charge in [0.1, 0.15) is 0 Å². The summed E-state index contributed by atoms with van der Waals surface area (Å²) in [6.07, 6.45) is 0. The van der Waals surface area contributed by atoms with Crippen molar-refractivity contribution in [1.29, 1.82) is 0 Å². The average Bonchev–Trinajstić information content (AvgIpc) is 2.03. The van der Waals surface area contributed by atoms with Crippen molar-refractivity contribution in [3.8, 4) is 0 Å². The van der Waals surface area contributed by atoms with Crippen molar-refractivity contribution in [3.05, 3.63) is 30.3 Å². The maximum Gasteiger partial charge on any atom is 0.360 e. The second kappa shape index (κ2) is 3.81. The predicted octanol–water partition coefficient (Wildman–Crippen LogP) is 4.03. The summed E-state index contributed by atoms with van der Waals surface area (Å²) in [6, 6.07) is 7.40. The van der Waals surface area contributed by atoms with E-state index in [0.717, 1.165) is 0 Å². The van der Waals surface area contributed by atoms with E-state index in [-0.39, 0.29) is 23.6 Å². The van der Waals surface area contributed by atoms with Crippen LogP contribution in [0, 0.1) is 0 Å². The third-order valence-electron chi connectivity index (χ3n) is 1.50. The average molecular weight is 224 g/mol. The summed E-state index contributed by atoms with van der Waals surface area (Å²) in [7, 11) is 0. The van der Waals surface area contributed by atoms with Gasteiger partial charge in [-0.3, -0.25) is 0 Å². The molecule has 1 aromatic carbocycles. The summed E-state index contributed by atoms with van der Waals surface area (Å²) >= 11 is -0.131. The zero-order valence-corrected chi connectivity index (χ0v) is 8.12. The number of hydrogen-bond acceptors (Lipinski definition) is 1. The molecule has 0 atom stereocenters. The topological polar surface area (TPSA) is 0 Å². The zero-order valence-electron chi connectivity index (χ0n) is 7.31. The van der Waals surface area contributed by atoms with E-state index in [1.165, 1.54) is 24.3 Å². The maximum absolute atomic E-state index is 12.8. The van der Waals surface area contributed by atoms with Gasteiger partial charge in [0.25, 0.3) is 0 Å². The van der Waals surface area contributed by atoms with Gasteiger partial charge in [-0.2, -0.15) is 17.6 Å². The molecule has 0 spiro atoms. The van der Waals surface area contributed by atoms with Gasteiger partial charge in [-0.1, -0.05) is 18.2 Å². The maximum atomic E-state index is 12.8. The molecule has 0 aliphatic heterocycles. The number of thioether (sulfide) groups is 1. The van der Waals surface area contributed by atoms with Crippen LogP contribution in [0.25, 0.3) is 0 Å². The van der Waals surface area contributed by atoms with E-state index in [1.807, 2.05) is 0 Å². The molecule has 0 bridgehead atoms. The van der Waals surface area contributed by atoms with Crippen molar-refractivity contribution in [2.45, 2.75) is 23.0 Å². The van der Waals surface area contributed by atoms with Gasteiger partial charge in [0.2, 0.25) is 0 Å². The van der Waals surface area contributed by atoms with Crippen LogP contribution >= 0.6 is 11.8 Å². The first-order chi connectivity index (χ1) is 6.33. The summed E-state index contributed by atoms with van der Waals surface area (Å²) in [5, 5.41) is -4.08. The highest BCUT2D eigenvalue weighted by atomic mass is 32.2. The molecule has 5 heteroatoms. The molecule has 0 saturated carbocycles. The molecule has 14 heavy (non-hydrogen) atoms. The first-order valence-corrected chi connectivity index (χ1v) is 4.64. The normalized spacial score (nSPS) is 12.9. The Morgan fingerprint density at radius 1 is 1.00 bits per heavy atom. The van der Waals surface area contributed by atoms with Crippen LogP contribution < -0.4 is 0 Å². The molecule has 78 valence electrons. The quantitative estimate of drug-likeness (QED) is 0.551. The SMILES string of the molecule is CC(F)(F)C(F)(F)Sc1ccccc1. The molecule has 0 amide bonds. The summed E-state index contributed by atoms with van der Waals surface area (Å²) in [4.78, 5) is 0.124. The van der Waals surface area contributed by atoms with Gasteiger partial charge in [0.15, 0.2) is 0 Å². The lowest BCUT2D eigenvalue weighted by Gasteiger charge is -2.21. The predicted molar refractivity (Wildman–Crippen MR) is 47.9 cm³/mol. The molecular formula is C9H8F4S. The van der Waals surface area contributed by atoms with Gasteiger partial charge in [-0.05, 0) is 23.9 Å². The molecule has 1 rings (SSSR count). The van der Waals surface area contributed by atoms with E-state index in [1.54, 1.807) is 6.07 Å². The number of benzene rings is 1. The largest absolute Gasteiger partial charge is 0.360 e. The van der Waals surface area contributed by atoms with Crippen LogP contribution in [0.1, 0.15) is 6.92 Å². The van der Waals surface area contributed by atoms with E-state index < -0.39 is 11.2 Å². The van der Waals surface area contributed by atoms with Gasteiger partial charge in [0, 0.05) is 11.8 Å². The highest BCUT2D eigenvalue weighted by molar-refractivity contribution is 8.00. The Kier molecular flexibility index (Phi) is 3.09. The number of rotatable bonds is 3. The third kappa shape index (κ3) is 2.64. The molecule has 0 fully saturated rings. The van der Waals surface area contributed by atoms with Crippen LogP contribution in [0.4, 0.5) is 17.6 Å². The molecule has 0 aliphatic rings. The second-order valence-corrected chi connectivity index (χ2v) is 4.01. The summed E-state index contributed by atoms with van der Waals surface area (Å²) in [5.74, 6) is -4.02. The van der Waals surface area contributed by atoms with Crippen molar-refractivity contribution in [3.63, 3.8) is 0 Å². The van der Waals surface area contributed by atoms with E-state index >= 15 is 0 Å². The first kappa shape index (κ1) is 11.4. The fraction of sp³-hybridized carbons (Fsp3) is 0.333. The molecule has 0 heterocycles. The Hall–Kier alpha value is -0.710. The van der Waals surface area contributed by atoms with Crippen molar-refractivity contribution in [2.75, 3.05) is 0 Å². The van der Waals surface area contributed by atoms with Gasteiger partial charge in [-0.25, -0.2) is 0 Å². The second-order valence-electron chi connectivity index (χ2n) is 2.82. The molecule has 0 radical (unpaired) electrons. The van der Waals surface area contributed by atoms with E-state index in [0.29, 0.717) is 0 Å². The Morgan fingerprint density at radius 2 is 1.50 bits per heavy atom. The lowest BCUT2D eigenvalue weighted by Crippen LogP contribution is -2.33. The van der Waals surface area contributed by atoms with Crippen LogP contribution in [-0.4, -0.2) is 11.2 Å².